The van der Waals surface area contributed by atoms with Crippen molar-refractivity contribution in [3.8, 4) is 11.6 Å². The van der Waals surface area contributed by atoms with Gasteiger partial charge in [-0.15, -0.1) is 5.10 Å². The van der Waals surface area contributed by atoms with Crippen molar-refractivity contribution in [3.63, 3.8) is 0 Å². The first-order valence-electron chi connectivity index (χ1n) is 10.8. The third-order valence-electron chi connectivity index (χ3n) is 5.43. The van der Waals surface area contributed by atoms with Crippen molar-refractivity contribution >= 4 is 55.6 Å². The van der Waals surface area contributed by atoms with Crippen LogP contribution in [0.3, 0.4) is 0 Å². The summed E-state index contributed by atoms with van der Waals surface area (Å²) in [6, 6.07) is 7.72. The maximum atomic E-state index is 12.9. The zero-order valence-electron chi connectivity index (χ0n) is 23.9. The zero-order valence-corrected chi connectivity index (χ0v) is 33.5. The van der Waals surface area contributed by atoms with Gasteiger partial charge in [0.15, 0.2) is 0 Å². The van der Waals surface area contributed by atoms with E-state index in [0.29, 0.717) is 9.69 Å². The second-order valence-electron chi connectivity index (χ2n) is 7.97. The van der Waals surface area contributed by atoms with Gasteiger partial charge in [-0.2, -0.15) is 10.1 Å². The number of rotatable bonds is 8. The van der Waals surface area contributed by atoms with E-state index in [1.54, 1.807) is 0 Å². The van der Waals surface area contributed by atoms with Crippen LogP contribution in [0.1, 0.15) is 16.1 Å². The number of hydrogen-bond acceptors (Lipinski definition) is 14. The Labute approximate surface area is 343 Å². The third kappa shape index (κ3) is 9.92. The van der Waals surface area contributed by atoms with Crippen molar-refractivity contribution in [1.82, 2.24) is 9.78 Å². The number of benzene rings is 2. The molecule has 2 heterocycles. The minimum atomic E-state index is -4.80. The summed E-state index contributed by atoms with van der Waals surface area (Å²) in [6.07, 6.45) is 2.85. The zero-order chi connectivity index (χ0) is 30.3. The number of aromatic hydroxyl groups is 1. The maximum Gasteiger partial charge on any atom is 1.00 e. The molecule has 212 valence electrons. The maximum absolute atomic E-state index is 12.9. The molecule has 0 bridgehead atoms. The summed E-state index contributed by atoms with van der Waals surface area (Å²) in [7, 11) is -9.59. The number of anilines is 1. The Hall–Kier alpha value is -1.17. The van der Waals surface area contributed by atoms with Crippen molar-refractivity contribution < 1.29 is 174 Å². The molecule has 0 saturated heterocycles. The van der Waals surface area contributed by atoms with Gasteiger partial charge >= 0.3 is 118 Å². The van der Waals surface area contributed by atoms with E-state index in [9.17, 15) is 55.6 Å². The molecule has 0 fully saturated rings. The fourth-order valence-electron chi connectivity index (χ4n) is 3.59. The molecule has 1 aromatic heterocycles. The van der Waals surface area contributed by atoms with Crippen LogP contribution in [0.4, 0.5) is 5.69 Å². The summed E-state index contributed by atoms with van der Waals surface area (Å²) in [4.78, 5) is 35.1. The number of hydrogen-bond donors (Lipinski definition) is 1. The third-order valence-corrected chi connectivity index (χ3v) is 7.13. The van der Waals surface area contributed by atoms with Crippen molar-refractivity contribution in [1.29, 1.82) is 0 Å². The number of aromatic nitrogens is 2. The Balaban J connectivity index is 0.00000484. The van der Waals surface area contributed by atoms with E-state index < -0.39 is 76.3 Å². The van der Waals surface area contributed by atoms with Gasteiger partial charge in [0.25, 0.3) is 5.91 Å². The molecular weight excluding hydrogens is 680 g/mol. The Kier molecular flexibility index (Phi) is 16.8. The van der Waals surface area contributed by atoms with E-state index in [4.69, 9.17) is 0 Å². The van der Waals surface area contributed by atoms with Gasteiger partial charge in [0.05, 0.1) is 44.2 Å². The standard InChI is InChI=1S/C23H16N4O12S2.4Na/c28-20-17(19(23(32)33)26(25-20)12-4-8-14(9-5-12)40(34,35)36)3-1-2-16-18(22(30)31)24-27(21(16)29)13-6-10-15(11-7-13)41(37,38)39;;;;/h1-11H,(H,25,28)(H,30,31)(H,32,33)(H,34,35,36)(H,37,38,39);;;;/q;4*+1/p-4. The Morgan fingerprint density at radius 2 is 1.24 bits per heavy atom. The largest absolute Gasteiger partial charge is 1.00 e. The molecule has 2 aromatic carbocycles. The Morgan fingerprint density at radius 3 is 1.67 bits per heavy atom. The fourth-order valence-corrected chi connectivity index (χ4v) is 4.53. The molecule has 0 aliphatic carbocycles. The van der Waals surface area contributed by atoms with E-state index in [1.165, 1.54) is 0 Å². The minimum Gasteiger partial charge on any atom is -0.744 e. The number of amides is 1. The quantitative estimate of drug-likeness (QED) is 0.131. The van der Waals surface area contributed by atoms with Crippen LogP contribution in [0.5, 0.6) is 5.88 Å². The normalized spacial score (nSPS) is 13.7. The van der Waals surface area contributed by atoms with Gasteiger partial charge in [-0.3, -0.25) is 4.79 Å². The molecule has 0 spiro atoms. The summed E-state index contributed by atoms with van der Waals surface area (Å²) < 4.78 is 67.4. The minimum absolute atomic E-state index is 0. The van der Waals surface area contributed by atoms with Crippen molar-refractivity contribution in [2.75, 3.05) is 5.01 Å². The summed E-state index contributed by atoms with van der Waals surface area (Å²) in [5, 5.41) is 41.6. The van der Waals surface area contributed by atoms with Gasteiger partial charge in [0, 0.05) is 0 Å². The van der Waals surface area contributed by atoms with Gasteiger partial charge in [-0.05, 0) is 60.7 Å². The van der Waals surface area contributed by atoms with Crippen LogP contribution in [-0.4, -0.2) is 64.4 Å². The van der Waals surface area contributed by atoms with E-state index in [2.05, 4.69) is 10.2 Å². The van der Waals surface area contributed by atoms with Crippen LogP contribution < -0.4 is 133 Å². The molecule has 1 amide bonds. The first kappa shape index (κ1) is 43.8. The smallest absolute Gasteiger partial charge is 0.744 e. The van der Waals surface area contributed by atoms with Crippen LogP contribution in [0.25, 0.3) is 11.8 Å². The molecule has 1 aliphatic rings. The van der Waals surface area contributed by atoms with Crippen molar-refractivity contribution in [3.05, 3.63) is 77.5 Å². The second-order valence-corrected chi connectivity index (χ2v) is 10.7. The van der Waals surface area contributed by atoms with Crippen molar-refractivity contribution in [2.24, 2.45) is 5.10 Å². The molecular formula is C23H12N4Na4O12S2. The molecule has 4 rings (SSSR count). The van der Waals surface area contributed by atoms with Gasteiger partial charge in [-0.25, -0.2) is 21.5 Å². The van der Waals surface area contributed by atoms with Gasteiger partial charge < -0.3 is 34.0 Å². The molecule has 16 nitrogen and oxygen atoms in total. The first-order chi connectivity index (χ1) is 19.1. The number of aromatic carboxylic acids is 1. The summed E-state index contributed by atoms with van der Waals surface area (Å²) in [5.41, 5.74) is -2.73. The average Bonchev–Trinajstić information content (AvgIpc) is 3.40. The molecule has 22 heteroatoms. The molecule has 45 heavy (non-hydrogen) atoms. The topological polar surface area (TPSA) is 265 Å². The molecule has 3 aromatic rings. The monoisotopic (exact) mass is 692 g/mol. The van der Waals surface area contributed by atoms with Gasteiger partial charge in [0.2, 0.25) is 5.88 Å². The van der Waals surface area contributed by atoms with E-state index in [0.717, 1.165) is 66.8 Å². The number of hydrazone groups is 1. The number of aliphatic carboxylic acids is 1. The average molecular weight is 692 g/mol. The summed E-state index contributed by atoms with van der Waals surface area (Å²) >= 11 is 0. The number of nitrogens with zero attached hydrogens (tertiary/aromatic N) is 4. The Morgan fingerprint density at radius 1 is 0.778 bits per heavy atom. The van der Waals surface area contributed by atoms with Crippen molar-refractivity contribution in [2.45, 2.75) is 9.79 Å². The SMILES string of the molecule is O=C([O-])C1=NN(c2ccc(S(=O)(=O)[O-])cc2)C(=O)C1=CC=Cc1c(O)nn(-c2ccc(S(=O)(=O)[O-])cc2)c1C(=O)[O-].[Na+].[Na+].[Na+].[Na+]. The van der Waals surface area contributed by atoms with Crippen LogP contribution in [-0.2, 0) is 29.8 Å². The predicted octanol–water partition coefficient (Wildman–Crippen LogP) is -14.1. The Bertz CT molecular complexity index is 1920. The summed E-state index contributed by atoms with van der Waals surface area (Å²) in [5.74, 6) is -5.57. The fraction of sp³-hybridized carbons (Fsp3) is 0. The molecule has 0 radical (unpaired) electrons. The number of carbonyl (C=O) groups is 3. The van der Waals surface area contributed by atoms with E-state index in [-0.39, 0.29) is 130 Å². The molecule has 0 unspecified atom stereocenters. The van der Waals surface area contributed by atoms with E-state index in [1.807, 2.05) is 0 Å². The van der Waals surface area contributed by atoms with Crippen LogP contribution in [0.2, 0.25) is 0 Å². The summed E-state index contributed by atoms with van der Waals surface area (Å²) in [6.45, 7) is 0. The van der Waals surface area contributed by atoms with Gasteiger partial charge in [0.1, 0.15) is 31.6 Å². The van der Waals surface area contributed by atoms with E-state index >= 15 is 0 Å². The number of carboxylic acids is 2. The number of carbonyl (C=O) groups excluding carboxylic acids is 3. The molecule has 1 N–H and O–H groups in total. The first-order valence-corrected chi connectivity index (χ1v) is 13.6. The van der Waals surface area contributed by atoms with Crippen LogP contribution >= 0.6 is 0 Å². The molecule has 0 atom stereocenters. The molecule has 0 saturated carbocycles. The molecule has 1 aliphatic heterocycles. The number of allylic oxidation sites excluding steroid dienone is 2. The predicted molar refractivity (Wildman–Crippen MR) is 129 cm³/mol. The number of carboxylic acid groups (broad SMARTS) is 2. The van der Waals surface area contributed by atoms with Crippen LogP contribution in [0, 0.1) is 0 Å². The van der Waals surface area contributed by atoms with Crippen LogP contribution in [0.15, 0.2) is 81.1 Å². The van der Waals surface area contributed by atoms with Gasteiger partial charge in [-0.1, -0.05) is 6.08 Å². The second kappa shape index (κ2) is 17.3.